The van der Waals surface area contributed by atoms with E-state index in [1.165, 1.54) is 0 Å². The second-order valence-corrected chi connectivity index (χ2v) is 3.58. The third kappa shape index (κ3) is 3.11. The van der Waals surface area contributed by atoms with Gasteiger partial charge in [0.05, 0.1) is 12.2 Å². The van der Waals surface area contributed by atoms with Crippen LogP contribution in [0.2, 0.25) is 0 Å². The first-order valence-electron chi connectivity index (χ1n) is 4.82. The zero-order valence-electron chi connectivity index (χ0n) is 8.76. The Balaban J connectivity index is 4.08. The van der Waals surface area contributed by atoms with Crippen molar-refractivity contribution in [3.63, 3.8) is 0 Å². The number of hydrogen-bond acceptors (Lipinski definition) is 2. The summed E-state index contributed by atoms with van der Waals surface area (Å²) in [5.41, 5.74) is -0.620. The van der Waals surface area contributed by atoms with Crippen LogP contribution in [0, 0.1) is 5.92 Å². The molecule has 0 spiro atoms. The Kier molecular flexibility index (Phi) is 5.51. The van der Waals surface area contributed by atoms with Crippen molar-refractivity contribution in [2.75, 3.05) is 13.7 Å². The van der Waals surface area contributed by atoms with E-state index in [4.69, 9.17) is 4.74 Å². The second kappa shape index (κ2) is 5.55. The number of hydrogen-bond donors (Lipinski definition) is 1. The van der Waals surface area contributed by atoms with Crippen LogP contribution in [0.15, 0.2) is 0 Å². The SMILES string of the molecule is CCCC(C)C(O)(CC)COC. The van der Waals surface area contributed by atoms with Gasteiger partial charge in [-0.3, -0.25) is 0 Å². The van der Waals surface area contributed by atoms with Gasteiger partial charge in [-0.2, -0.15) is 0 Å². The number of methoxy groups -OCH3 is 1. The molecule has 2 heteroatoms. The minimum Gasteiger partial charge on any atom is -0.387 e. The van der Waals surface area contributed by atoms with Gasteiger partial charge in [0, 0.05) is 7.11 Å². The van der Waals surface area contributed by atoms with E-state index in [1.54, 1.807) is 7.11 Å². The number of rotatable bonds is 6. The standard InChI is InChI=1S/C10H22O2/c1-5-7-9(3)10(11,6-2)8-12-4/h9,11H,5-8H2,1-4H3. The molecule has 0 aromatic heterocycles. The van der Waals surface area contributed by atoms with Crippen molar-refractivity contribution >= 4 is 0 Å². The van der Waals surface area contributed by atoms with Crippen molar-refractivity contribution in [1.82, 2.24) is 0 Å². The molecule has 0 heterocycles. The van der Waals surface area contributed by atoms with Crippen molar-refractivity contribution in [1.29, 1.82) is 0 Å². The van der Waals surface area contributed by atoms with Crippen LogP contribution < -0.4 is 0 Å². The molecule has 0 amide bonds. The topological polar surface area (TPSA) is 29.5 Å². The first-order valence-corrected chi connectivity index (χ1v) is 4.82. The Morgan fingerprint density at radius 2 is 2.00 bits per heavy atom. The second-order valence-electron chi connectivity index (χ2n) is 3.58. The molecule has 2 nitrogen and oxygen atoms in total. The Morgan fingerprint density at radius 3 is 2.33 bits per heavy atom. The van der Waals surface area contributed by atoms with Crippen molar-refractivity contribution < 1.29 is 9.84 Å². The molecule has 2 unspecified atom stereocenters. The van der Waals surface area contributed by atoms with Gasteiger partial charge in [-0.05, 0) is 18.8 Å². The van der Waals surface area contributed by atoms with Gasteiger partial charge in [-0.25, -0.2) is 0 Å². The first-order chi connectivity index (χ1) is 5.60. The van der Waals surface area contributed by atoms with Gasteiger partial charge in [0.15, 0.2) is 0 Å². The average Bonchev–Trinajstić information content (AvgIpc) is 2.05. The third-order valence-electron chi connectivity index (χ3n) is 2.65. The summed E-state index contributed by atoms with van der Waals surface area (Å²) >= 11 is 0. The maximum absolute atomic E-state index is 10.1. The molecule has 0 bridgehead atoms. The molecular weight excluding hydrogens is 152 g/mol. The molecule has 74 valence electrons. The predicted molar refractivity (Wildman–Crippen MR) is 51.2 cm³/mol. The van der Waals surface area contributed by atoms with Crippen molar-refractivity contribution in [2.45, 2.75) is 45.6 Å². The van der Waals surface area contributed by atoms with Crippen LogP contribution >= 0.6 is 0 Å². The Bertz CT molecular complexity index is 114. The van der Waals surface area contributed by atoms with E-state index in [2.05, 4.69) is 13.8 Å². The molecule has 0 aromatic rings. The van der Waals surface area contributed by atoms with Gasteiger partial charge in [0.1, 0.15) is 0 Å². The van der Waals surface area contributed by atoms with E-state index in [-0.39, 0.29) is 0 Å². The molecule has 0 fully saturated rings. The fraction of sp³-hybridized carbons (Fsp3) is 1.00. The third-order valence-corrected chi connectivity index (χ3v) is 2.65. The normalized spacial score (nSPS) is 18.8. The van der Waals surface area contributed by atoms with Crippen LogP contribution in [0.25, 0.3) is 0 Å². The van der Waals surface area contributed by atoms with Crippen LogP contribution in [-0.4, -0.2) is 24.4 Å². The van der Waals surface area contributed by atoms with Crippen LogP contribution in [0.4, 0.5) is 0 Å². The lowest BCUT2D eigenvalue weighted by atomic mass is 9.84. The fourth-order valence-corrected chi connectivity index (χ4v) is 1.54. The van der Waals surface area contributed by atoms with Crippen LogP contribution in [0.5, 0.6) is 0 Å². The Labute approximate surface area is 75.9 Å². The van der Waals surface area contributed by atoms with Gasteiger partial charge in [0.2, 0.25) is 0 Å². The summed E-state index contributed by atoms with van der Waals surface area (Å²) < 4.78 is 5.02. The van der Waals surface area contributed by atoms with Crippen LogP contribution in [-0.2, 0) is 4.74 Å². The highest BCUT2D eigenvalue weighted by Crippen LogP contribution is 2.25. The number of ether oxygens (including phenoxy) is 1. The molecule has 0 saturated carbocycles. The highest BCUT2D eigenvalue weighted by atomic mass is 16.5. The highest BCUT2D eigenvalue weighted by Gasteiger charge is 2.30. The van der Waals surface area contributed by atoms with E-state index in [9.17, 15) is 5.11 Å². The average molecular weight is 174 g/mol. The summed E-state index contributed by atoms with van der Waals surface area (Å²) in [5, 5.41) is 10.1. The van der Waals surface area contributed by atoms with Gasteiger partial charge in [-0.15, -0.1) is 0 Å². The van der Waals surface area contributed by atoms with Crippen molar-refractivity contribution in [2.24, 2.45) is 5.92 Å². The molecule has 0 aliphatic rings. The molecule has 0 radical (unpaired) electrons. The zero-order valence-corrected chi connectivity index (χ0v) is 8.76. The van der Waals surface area contributed by atoms with E-state index >= 15 is 0 Å². The van der Waals surface area contributed by atoms with Crippen molar-refractivity contribution in [3.05, 3.63) is 0 Å². The molecule has 12 heavy (non-hydrogen) atoms. The maximum atomic E-state index is 10.1. The highest BCUT2D eigenvalue weighted by molar-refractivity contribution is 4.82. The lowest BCUT2D eigenvalue weighted by Crippen LogP contribution is -2.40. The summed E-state index contributed by atoms with van der Waals surface area (Å²) in [5.74, 6) is 0.326. The maximum Gasteiger partial charge on any atom is 0.0902 e. The lowest BCUT2D eigenvalue weighted by Gasteiger charge is -2.32. The van der Waals surface area contributed by atoms with Gasteiger partial charge >= 0.3 is 0 Å². The molecule has 2 atom stereocenters. The first kappa shape index (κ1) is 11.9. The van der Waals surface area contributed by atoms with Crippen LogP contribution in [0.3, 0.4) is 0 Å². The number of aliphatic hydroxyl groups is 1. The minimum atomic E-state index is -0.620. The molecule has 1 N–H and O–H groups in total. The summed E-state index contributed by atoms with van der Waals surface area (Å²) in [6, 6.07) is 0. The fourth-order valence-electron chi connectivity index (χ4n) is 1.54. The monoisotopic (exact) mass is 174 g/mol. The van der Waals surface area contributed by atoms with Crippen molar-refractivity contribution in [3.8, 4) is 0 Å². The van der Waals surface area contributed by atoms with E-state index in [1.807, 2.05) is 6.92 Å². The largest absolute Gasteiger partial charge is 0.387 e. The van der Waals surface area contributed by atoms with E-state index < -0.39 is 5.60 Å². The molecule has 0 aromatic carbocycles. The van der Waals surface area contributed by atoms with Crippen LogP contribution in [0.1, 0.15) is 40.0 Å². The Morgan fingerprint density at radius 1 is 1.42 bits per heavy atom. The van der Waals surface area contributed by atoms with Gasteiger partial charge in [0.25, 0.3) is 0 Å². The Hall–Kier alpha value is -0.0800. The predicted octanol–water partition coefficient (Wildman–Crippen LogP) is 2.21. The smallest absolute Gasteiger partial charge is 0.0902 e. The van der Waals surface area contributed by atoms with Gasteiger partial charge in [-0.1, -0.05) is 27.2 Å². The quantitative estimate of drug-likeness (QED) is 0.669. The zero-order chi connectivity index (χ0) is 9.61. The lowest BCUT2D eigenvalue weighted by molar-refractivity contribution is -0.0738. The molecular formula is C10H22O2. The summed E-state index contributed by atoms with van der Waals surface area (Å²) in [7, 11) is 1.64. The summed E-state index contributed by atoms with van der Waals surface area (Å²) in [6.07, 6.45) is 2.95. The molecule has 0 saturated heterocycles. The molecule has 0 aliphatic heterocycles. The minimum absolute atomic E-state index is 0.326. The van der Waals surface area contributed by atoms with E-state index in [0.717, 1.165) is 19.3 Å². The summed E-state index contributed by atoms with van der Waals surface area (Å²) in [6.45, 7) is 6.68. The molecule has 0 aliphatic carbocycles. The van der Waals surface area contributed by atoms with Gasteiger partial charge < -0.3 is 9.84 Å². The molecule has 0 rings (SSSR count). The summed E-state index contributed by atoms with van der Waals surface area (Å²) in [4.78, 5) is 0. The van der Waals surface area contributed by atoms with E-state index in [0.29, 0.717) is 12.5 Å².